The van der Waals surface area contributed by atoms with E-state index in [9.17, 15) is 42.2 Å². The average molecular weight is 579 g/mol. The number of nitrogens with zero attached hydrogens (tertiary/aromatic N) is 3. The Labute approximate surface area is 211 Å². The molecule has 0 saturated heterocycles. The number of alkyl halides is 4. The lowest BCUT2D eigenvalue weighted by atomic mass is 9.69. The molecule has 1 saturated carbocycles. The van der Waals surface area contributed by atoms with Gasteiger partial charge < -0.3 is 5.32 Å². The van der Waals surface area contributed by atoms with E-state index in [0.717, 1.165) is 26.6 Å². The van der Waals surface area contributed by atoms with Gasteiger partial charge in [0, 0.05) is 42.5 Å². The van der Waals surface area contributed by atoms with Gasteiger partial charge in [0.1, 0.15) is 16.7 Å². The summed E-state index contributed by atoms with van der Waals surface area (Å²) in [6, 6.07) is 0.117. The highest BCUT2D eigenvalue weighted by Crippen LogP contribution is 3.02. The highest BCUT2D eigenvalue weighted by molar-refractivity contribution is 8.45. The highest BCUT2D eigenvalue weighted by atomic mass is 35.5. The molecule has 17 heteroatoms. The molecule has 0 radical (unpaired) electrons. The summed E-state index contributed by atoms with van der Waals surface area (Å²) < 4.78 is 107. The van der Waals surface area contributed by atoms with E-state index < -0.39 is 68.5 Å². The Morgan fingerprint density at radius 3 is 2.05 bits per heavy atom. The van der Waals surface area contributed by atoms with Gasteiger partial charge in [-0.3, -0.25) is 14.5 Å². The van der Waals surface area contributed by atoms with E-state index in [1.54, 1.807) is 0 Å². The minimum absolute atomic E-state index is 0.0122. The molecule has 1 heterocycles. The van der Waals surface area contributed by atoms with Crippen LogP contribution in [0.2, 0.25) is 0 Å². The maximum absolute atomic E-state index is 14.1. The van der Waals surface area contributed by atoms with Crippen molar-refractivity contribution in [2.24, 2.45) is 0 Å². The van der Waals surface area contributed by atoms with Crippen LogP contribution in [0.1, 0.15) is 31.2 Å². The predicted molar refractivity (Wildman–Crippen MR) is 124 cm³/mol. The van der Waals surface area contributed by atoms with Gasteiger partial charge in [0.15, 0.2) is 7.85 Å². The maximum Gasteiger partial charge on any atom is 0.310 e. The van der Waals surface area contributed by atoms with Crippen LogP contribution >= 0.6 is 21.8 Å². The van der Waals surface area contributed by atoms with E-state index in [0.29, 0.717) is 17.0 Å². The molecule has 1 aromatic carbocycles. The van der Waals surface area contributed by atoms with Gasteiger partial charge in [-0.05, 0) is 37.1 Å². The lowest BCUT2D eigenvalue weighted by molar-refractivity contribution is -0.130. The summed E-state index contributed by atoms with van der Waals surface area (Å²) in [5.74, 6) is -5.58. The third-order valence-electron chi connectivity index (χ3n) is 6.01. The fourth-order valence-electron chi connectivity index (χ4n) is 3.98. The van der Waals surface area contributed by atoms with Crippen molar-refractivity contribution in [2.75, 3.05) is 4.90 Å². The van der Waals surface area contributed by atoms with E-state index in [1.807, 2.05) is 0 Å². The molecule has 37 heavy (non-hydrogen) atoms. The summed E-state index contributed by atoms with van der Waals surface area (Å²) in [4.78, 5) is 32.1. The van der Waals surface area contributed by atoms with Gasteiger partial charge >= 0.3 is 10.2 Å². The summed E-state index contributed by atoms with van der Waals surface area (Å²) in [5.41, 5.74) is -5.85. The Morgan fingerprint density at radius 1 is 1.08 bits per heavy atom. The fourth-order valence-corrected chi connectivity index (χ4v) is 4.73. The van der Waals surface area contributed by atoms with Crippen molar-refractivity contribution in [3.63, 3.8) is 0 Å². The van der Waals surface area contributed by atoms with Gasteiger partial charge in [0.25, 0.3) is 11.5 Å². The Balaban J connectivity index is 2.11. The summed E-state index contributed by atoms with van der Waals surface area (Å²) in [6.07, 6.45) is 1.85. The molecule has 2 amide bonds. The topological polar surface area (TPSA) is 75.2 Å². The van der Waals surface area contributed by atoms with Crippen LogP contribution in [-0.4, -0.2) is 47.2 Å². The molecule has 0 aliphatic heterocycles. The molecule has 1 fully saturated rings. The molecule has 2 atom stereocenters. The third kappa shape index (κ3) is 6.45. The molecule has 1 aliphatic carbocycles. The highest BCUT2D eigenvalue weighted by Gasteiger charge is 2.65. The second kappa shape index (κ2) is 9.00. The number of carbonyl (C=O) groups is 2. The van der Waals surface area contributed by atoms with Gasteiger partial charge in [0.05, 0.1) is 0 Å². The number of rotatable bonds is 7. The van der Waals surface area contributed by atoms with Gasteiger partial charge in [-0.25, -0.2) is 23.1 Å². The van der Waals surface area contributed by atoms with Crippen LogP contribution in [0.25, 0.3) is 0 Å². The summed E-state index contributed by atoms with van der Waals surface area (Å²) in [6.45, 7) is 0. The fraction of sp³-hybridized carbons (Fsp3) is 0.400. The summed E-state index contributed by atoms with van der Waals surface area (Å²) >= 11 is 5.34. The summed E-state index contributed by atoms with van der Waals surface area (Å²) in [5, 5.41) is 2.51. The Kier molecular flexibility index (Phi) is 7.04. The Morgan fingerprint density at radius 2 is 1.59 bits per heavy atom. The SMILES string of the molecule is B[C@](C(=O)NC1CCC(F)(F)CC1)(c1cncnc1)N(C(=O)[C@H](F)Cl)c1ccc(S(F)(F)(F)(F)F)cc1. The van der Waals surface area contributed by atoms with Crippen molar-refractivity contribution < 1.29 is 42.2 Å². The van der Waals surface area contributed by atoms with Crippen LogP contribution in [-0.2, 0) is 15.0 Å². The minimum atomic E-state index is -10.1. The molecule has 0 spiro atoms. The Hall–Kier alpha value is -2.62. The zero-order chi connectivity index (χ0) is 27.9. The number of nitrogens with one attached hydrogen (secondary N) is 1. The molecule has 204 valence electrons. The van der Waals surface area contributed by atoms with Gasteiger partial charge in [0.2, 0.25) is 11.8 Å². The first-order valence-corrected chi connectivity index (χ1v) is 13.0. The quantitative estimate of drug-likeness (QED) is 0.279. The van der Waals surface area contributed by atoms with Crippen molar-refractivity contribution in [1.29, 1.82) is 0 Å². The first-order valence-electron chi connectivity index (χ1n) is 10.7. The van der Waals surface area contributed by atoms with Crippen LogP contribution in [0.5, 0.6) is 0 Å². The zero-order valence-corrected chi connectivity index (χ0v) is 20.6. The van der Waals surface area contributed by atoms with E-state index >= 15 is 0 Å². The molecular formula is C20H20BClF8N4O2S. The van der Waals surface area contributed by atoms with Crippen LogP contribution in [0.4, 0.5) is 38.3 Å². The van der Waals surface area contributed by atoms with Gasteiger partial charge in [-0.2, -0.15) is 0 Å². The lowest BCUT2D eigenvalue weighted by Crippen LogP contribution is -2.62. The molecule has 1 aromatic heterocycles. The first kappa shape index (κ1) is 28.9. The number of anilines is 1. The van der Waals surface area contributed by atoms with Crippen LogP contribution in [0.15, 0.2) is 47.9 Å². The van der Waals surface area contributed by atoms with E-state index in [4.69, 9.17) is 11.6 Å². The maximum atomic E-state index is 14.1. The van der Waals surface area contributed by atoms with Crippen molar-refractivity contribution in [2.45, 2.75) is 53.6 Å². The largest absolute Gasteiger partial charge is 0.352 e. The predicted octanol–water partition coefficient (Wildman–Crippen LogP) is 5.18. The third-order valence-corrected chi connectivity index (χ3v) is 7.36. The van der Waals surface area contributed by atoms with E-state index in [1.165, 1.54) is 0 Å². The van der Waals surface area contributed by atoms with Crippen LogP contribution in [0, 0.1) is 0 Å². The standard InChI is InChI=1S/C20H20BClF8N4O2S/c21-20(12-9-31-11-32-10-12,18(36)33-13-5-7-19(24,25)8-6-13)34(17(35)16(22)23)14-1-3-15(4-2-14)37(26,27,28,29)30/h1-4,9-11,13,16H,5-8,21H2,(H,33,36)/t16-,20+/m0/s1. The normalized spacial score (nSPS) is 20.6. The lowest BCUT2D eigenvalue weighted by Gasteiger charge is -2.43. The van der Waals surface area contributed by atoms with Crippen LogP contribution < -0.4 is 10.2 Å². The zero-order valence-electron chi connectivity index (χ0n) is 19.0. The smallest absolute Gasteiger partial charge is 0.310 e. The molecule has 2 aromatic rings. The van der Waals surface area contributed by atoms with Crippen molar-refractivity contribution >= 4 is 47.2 Å². The van der Waals surface area contributed by atoms with Crippen molar-refractivity contribution in [3.8, 4) is 0 Å². The number of hydrogen-bond donors (Lipinski definition) is 1. The number of carbonyl (C=O) groups excluding carboxylic acids is 2. The van der Waals surface area contributed by atoms with Gasteiger partial charge in [-0.15, -0.1) is 0 Å². The second-order valence-electron chi connectivity index (χ2n) is 8.74. The molecule has 3 rings (SSSR count). The van der Waals surface area contributed by atoms with Crippen LogP contribution in [0.3, 0.4) is 0 Å². The minimum Gasteiger partial charge on any atom is -0.352 e. The number of aromatic nitrogens is 2. The molecular weight excluding hydrogens is 559 g/mol. The number of amides is 2. The molecule has 1 N–H and O–H groups in total. The monoisotopic (exact) mass is 578 g/mol. The Bertz CT molecular complexity index is 1170. The second-order valence-corrected chi connectivity index (χ2v) is 11.5. The molecule has 0 bridgehead atoms. The van der Waals surface area contributed by atoms with Gasteiger partial charge in [-0.1, -0.05) is 31.0 Å². The van der Waals surface area contributed by atoms with E-state index in [2.05, 4.69) is 15.3 Å². The number of hydrogen-bond acceptors (Lipinski definition) is 4. The first-order chi connectivity index (χ1) is 16.7. The van der Waals surface area contributed by atoms with Crippen molar-refractivity contribution in [1.82, 2.24) is 15.3 Å². The van der Waals surface area contributed by atoms with Crippen molar-refractivity contribution in [3.05, 3.63) is 48.5 Å². The average Bonchev–Trinajstić information content (AvgIpc) is 2.79. The molecule has 0 unspecified atom stereocenters. The molecule has 1 aliphatic rings. The molecule has 6 nitrogen and oxygen atoms in total. The number of benzene rings is 1. The number of halogens is 9. The summed E-state index contributed by atoms with van der Waals surface area (Å²) in [7, 11) is -9.02. The van der Waals surface area contributed by atoms with E-state index in [-0.39, 0.29) is 30.5 Å².